The van der Waals surface area contributed by atoms with Crippen molar-refractivity contribution < 1.29 is 9.13 Å². The van der Waals surface area contributed by atoms with Gasteiger partial charge in [-0.3, -0.25) is 0 Å². The quantitative estimate of drug-likeness (QED) is 0.721. The number of rotatable bonds is 3. The first-order valence-corrected chi connectivity index (χ1v) is 5.35. The number of ether oxygens (including phenoxy) is 1. The zero-order valence-corrected chi connectivity index (χ0v) is 9.56. The summed E-state index contributed by atoms with van der Waals surface area (Å²) in [7, 11) is 1.64. The van der Waals surface area contributed by atoms with E-state index in [0.29, 0.717) is 0 Å². The van der Waals surface area contributed by atoms with Crippen LogP contribution in [0.15, 0.2) is 48.5 Å². The van der Waals surface area contributed by atoms with Gasteiger partial charge in [0.15, 0.2) is 0 Å². The Kier molecular flexibility index (Phi) is 3.55. The molecule has 0 unspecified atom stereocenters. The molecule has 0 fully saturated rings. The van der Waals surface area contributed by atoms with E-state index in [-0.39, 0.29) is 5.82 Å². The first-order chi connectivity index (χ1) is 8.28. The van der Waals surface area contributed by atoms with Gasteiger partial charge in [-0.05, 0) is 35.4 Å². The molecule has 2 rings (SSSR count). The van der Waals surface area contributed by atoms with Crippen LogP contribution < -0.4 is 4.74 Å². The molecule has 0 aliphatic heterocycles. The summed E-state index contributed by atoms with van der Waals surface area (Å²) < 4.78 is 17.8. The van der Waals surface area contributed by atoms with Gasteiger partial charge in [0.05, 0.1) is 7.11 Å². The van der Waals surface area contributed by atoms with Gasteiger partial charge in [-0.15, -0.1) is 0 Å². The van der Waals surface area contributed by atoms with Crippen LogP contribution in [0.1, 0.15) is 11.1 Å². The minimum atomic E-state index is -0.216. The predicted octanol–water partition coefficient (Wildman–Crippen LogP) is 4.00. The summed E-state index contributed by atoms with van der Waals surface area (Å²) in [6.07, 6.45) is 3.92. The van der Waals surface area contributed by atoms with Crippen molar-refractivity contribution in [1.29, 1.82) is 0 Å². The van der Waals surface area contributed by atoms with Gasteiger partial charge in [0.1, 0.15) is 11.6 Å². The number of methoxy groups -OCH3 is 1. The monoisotopic (exact) mass is 228 g/mol. The van der Waals surface area contributed by atoms with Crippen LogP contribution in [-0.2, 0) is 0 Å². The van der Waals surface area contributed by atoms with E-state index in [1.54, 1.807) is 19.2 Å². The van der Waals surface area contributed by atoms with Gasteiger partial charge >= 0.3 is 0 Å². The lowest BCUT2D eigenvalue weighted by Crippen LogP contribution is -1.81. The molecule has 0 aromatic heterocycles. The molecule has 0 aliphatic carbocycles. The Labute approximate surface area is 100 Å². The van der Waals surface area contributed by atoms with Crippen LogP contribution in [0, 0.1) is 5.82 Å². The zero-order valence-electron chi connectivity index (χ0n) is 9.56. The molecular formula is C15H13FO. The summed E-state index contributed by atoms with van der Waals surface area (Å²) in [6.45, 7) is 0. The smallest absolute Gasteiger partial charge is 0.123 e. The third-order valence-corrected chi connectivity index (χ3v) is 2.45. The fraction of sp³-hybridized carbons (Fsp3) is 0.0667. The highest BCUT2D eigenvalue weighted by Gasteiger charge is 1.91. The van der Waals surface area contributed by atoms with Gasteiger partial charge in [0.25, 0.3) is 0 Å². The summed E-state index contributed by atoms with van der Waals surface area (Å²) >= 11 is 0. The second kappa shape index (κ2) is 5.30. The molecule has 0 heterocycles. The van der Waals surface area contributed by atoms with Gasteiger partial charge < -0.3 is 4.74 Å². The van der Waals surface area contributed by atoms with E-state index in [9.17, 15) is 4.39 Å². The van der Waals surface area contributed by atoms with E-state index in [4.69, 9.17) is 4.74 Å². The van der Waals surface area contributed by atoms with Crippen molar-refractivity contribution in [3.63, 3.8) is 0 Å². The average Bonchev–Trinajstić information content (AvgIpc) is 2.39. The molecule has 17 heavy (non-hydrogen) atoms. The highest BCUT2D eigenvalue weighted by Crippen LogP contribution is 2.14. The Balaban J connectivity index is 2.11. The van der Waals surface area contributed by atoms with Crippen molar-refractivity contribution in [2.24, 2.45) is 0 Å². The van der Waals surface area contributed by atoms with Gasteiger partial charge in [0, 0.05) is 0 Å². The maximum atomic E-state index is 12.7. The first-order valence-electron chi connectivity index (χ1n) is 5.35. The molecule has 86 valence electrons. The van der Waals surface area contributed by atoms with E-state index in [1.807, 2.05) is 36.4 Å². The maximum absolute atomic E-state index is 12.7. The Morgan fingerprint density at radius 1 is 0.824 bits per heavy atom. The molecule has 2 heteroatoms. The molecular weight excluding hydrogens is 215 g/mol. The molecule has 0 saturated carbocycles. The number of hydrogen-bond acceptors (Lipinski definition) is 1. The number of benzene rings is 2. The summed E-state index contributed by atoms with van der Waals surface area (Å²) in [5, 5.41) is 0. The Morgan fingerprint density at radius 3 is 1.76 bits per heavy atom. The summed E-state index contributed by atoms with van der Waals surface area (Å²) in [5.74, 6) is 0.621. The minimum Gasteiger partial charge on any atom is -0.497 e. The van der Waals surface area contributed by atoms with Crippen molar-refractivity contribution in [1.82, 2.24) is 0 Å². The van der Waals surface area contributed by atoms with E-state index >= 15 is 0 Å². The maximum Gasteiger partial charge on any atom is 0.123 e. The largest absolute Gasteiger partial charge is 0.497 e. The summed E-state index contributed by atoms with van der Waals surface area (Å²) in [5.41, 5.74) is 2.05. The molecule has 0 atom stereocenters. The molecule has 0 aliphatic rings. The third kappa shape index (κ3) is 3.18. The van der Waals surface area contributed by atoms with Crippen molar-refractivity contribution in [3.05, 3.63) is 65.5 Å². The second-order valence-corrected chi connectivity index (χ2v) is 3.66. The van der Waals surface area contributed by atoms with Crippen LogP contribution in [0.3, 0.4) is 0 Å². The van der Waals surface area contributed by atoms with Crippen LogP contribution in [-0.4, -0.2) is 7.11 Å². The number of halogens is 1. The Bertz CT molecular complexity index is 497. The SMILES string of the molecule is COc1ccc(/C=C/c2ccc(F)cc2)cc1. The predicted molar refractivity (Wildman–Crippen MR) is 68.3 cm³/mol. The second-order valence-electron chi connectivity index (χ2n) is 3.66. The lowest BCUT2D eigenvalue weighted by Gasteiger charge is -1.99. The topological polar surface area (TPSA) is 9.23 Å². The molecule has 0 bridgehead atoms. The van der Waals surface area contributed by atoms with Gasteiger partial charge in [-0.25, -0.2) is 4.39 Å². The molecule has 2 aromatic rings. The molecule has 0 saturated heterocycles. The van der Waals surface area contributed by atoms with Crippen LogP contribution in [0.5, 0.6) is 5.75 Å². The molecule has 0 radical (unpaired) electrons. The van der Waals surface area contributed by atoms with Crippen LogP contribution in [0.2, 0.25) is 0 Å². The van der Waals surface area contributed by atoms with Crippen LogP contribution in [0.25, 0.3) is 12.2 Å². The highest BCUT2D eigenvalue weighted by molar-refractivity contribution is 5.69. The molecule has 0 spiro atoms. The molecule has 1 nitrogen and oxygen atoms in total. The van der Waals surface area contributed by atoms with E-state index < -0.39 is 0 Å². The molecule has 0 amide bonds. The fourth-order valence-electron chi connectivity index (χ4n) is 1.48. The van der Waals surface area contributed by atoms with Gasteiger partial charge in [0.2, 0.25) is 0 Å². The molecule has 0 N–H and O–H groups in total. The standard InChI is InChI=1S/C15H13FO/c1-17-15-10-6-13(7-11-15)3-2-12-4-8-14(16)9-5-12/h2-11H,1H3/b3-2+. The molecule has 2 aromatic carbocycles. The lowest BCUT2D eigenvalue weighted by molar-refractivity contribution is 0.415. The average molecular weight is 228 g/mol. The Hall–Kier alpha value is -2.09. The van der Waals surface area contributed by atoms with E-state index in [2.05, 4.69) is 0 Å². The highest BCUT2D eigenvalue weighted by atomic mass is 19.1. The van der Waals surface area contributed by atoms with Crippen molar-refractivity contribution >= 4 is 12.2 Å². The number of hydrogen-bond donors (Lipinski definition) is 0. The van der Waals surface area contributed by atoms with E-state index in [1.165, 1.54) is 12.1 Å². The summed E-state index contributed by atoms with van der Waals surface area (Å²) in [6, 6.07) is 14.2. The third-order valence-electron chi connectivity index (χ3n) is 2.45. The van der Waals surface area contributed by atoms with Gasteiger partial charge in [-0.2, -0.15) is 0 Å². The van der Waals surface area contributed by atoms with Crippen molar-refractivity contribution in [2.45, 2.75) is 0 Å². The fourth-order valence-corrected chi connectivity index (χ4v) is 1.48. The van der Waals surface area contributed by atoms with Gasteiger partial charge in [-0.1, -0.05) is 36.4 Å². The lowest BCUT2D eigenvalue weighted by atomic mass is 10.1. The van der Waals surface area contributed by atoms with Crippen molar-refractivity contribution in [3.8, 4) is 5.75 Å². The van der Waals surface area contributed by atoms with Crippen LogP contribution in [0.4, 0.5) is 4.39 Å². The van der Waals surface area contributed by atoms with Crippen LogP contribution >= 0.6 is 0 Å². The minimum absolute atomic E-state index is 0.216. The first kappa shape index (κ1) is 11.4. The zero-order chi connectivity index (χ0) is 12.1. The van der Waals surface area contributed by atoms with E-state index in [0.717, 1.165) is 16.9 Å². The Morgan fingerprint density at radius 2 is 1.29 bits per heavy atom. The summed E-state index contributed by atoms with van der Waals surface area (Å²) in [4.78, 5) is 0. The van der Waals surface area contributed by atoms with Crippen molar-refractivity contribution in [2.75, 3.05) is 7.11 Å². The normalized spacial score (nSPS) is 10.7.